The fraction of sp³-hybridized carbons (Fsp3) is 0.150. The molecular weight excluding hydrogens is 282 g/mol. The number of rotatable bonds is 5. The van der Waals surface area contributed by atoms with Gasteiger partial charge >= 0.3 is 0 Å². The summed E-state index contributed by atoms with van der Waals surface area (Å²) in [5.74, 6) is 0.767. The van der Waals surface area contributed by atoms with E-state index in [2.05, 4.69) is 71.3 Å². The van der Waals surface area contributed by atoms with Crippen LogP contribution in [0.2, 0.25) is 0 Å². The van der Waals surface area contributed by atoms with Crippen molar-refractivity contribution in [1.29, 1.82) is 0 Å². The minimum absolute atomic E-state index is 0.767. The molecule has 0 amide bonds. The zero-order valence-electron chi connectivity index (χ0n) is 13.3. The lowest BCUT2D eigenvalue weighted by Crippen LogP contribution is -2.17. The Kier molecular flexibility index (Phi) is 4.79. The second kappa shape index (κ2) is 7.16. The maximum atomic E-state index is 4.31. The van der Waals surface area contributed by atoms with Crippen LogP contribution >= 0.6 is 0 Å². The van der Waals surface area contributed by atoms with Crippen molar-refractivity contribution in [2.45, 2.75) is 13.1 Å². The van der Waals surface area contributed by atoms with E-state index in [0.717, 1.165) is 30.0 Å². The molecule has 3 nitrogen and oxygen atoms in total. The fourth-order valence-electron chi connectivity index (χ4n) is 2.58. The number of nitrogens with zero attached hydrogens (tertiary/aromatic N) is 3. The van der Waals surface area contributed by atoms with Gasteiger partial charge in [0, 0.05) is 31.0 Å². The van der Waals surface area contributed by atoms with Gasteiger partial charge < -0.3 is 0 Å². The quantitative estimate of drug-likeness (QED) is 0.714. The van der Waals surface area contributed by atoms with Gasteiger partial charge in [0.15, 0.2) is 5.82 Å². The molecule has 0 aliphatic rings. The van der Waals surface area contributed by atoms with Gasteiger partial charge in [0.25, 0.3) is 0 Å². The van der Waals surface area contributed by atoms with Gasteiger partial charge in [0.05, 0.1) is 0 Å². The predicted octanol–water partition coefficient (Wildman–Crippen LogP) is 3.96. The van der Waals surface area contributed by atoms with E-state index < -0.39 is 0 Å². The van der Waals surface area contributed by atoms with E-state index in [1.807, 2.05) is 12.1 Å². The summed E-state index contributed by atoms with van der Waals surface area (Å²) in [6.07, 6.45) is 3.54. The summed E-state index contributed by atoms with van der Waals surface area (Å²) in [6, 6.07) is 18.6. The molecule has 1 aromatic heterocycles. The third-order valence-electron chi connectivity index (χ3n) is 3.68. The normalized spacial score (nSPS) is 10.9. The molecule has 0 aliphatic heterocycles. The van der Waals surface area contributed by atoms with Gasteiger partial charge in [-0.05, 0) is 42.8 Å². The van der Waals surface area contributed by atoms with E-state index in [-0.39, 0.29) is 0 Å². The second-order valence-corrected chi connectivity index (χ2v) is 5.76. The third kappa shape index (κ3) is 4.24. The topological polar surface area (TPSA) is 29.0 Å². The van der Waals surface area contributed by atoms with E-state index in [4.69, 9.17) is 0 Å². The Morgan fingerprint density at radius 2 is 1.57 bits per heavy atom. The standard InChI is InChI=1S/C20H20N3/c1-16-7-9-17(10-8-16)14-23(2)15-18-5-3-6-19(13-18)20-21-11-4-12-22-20/h3-13H,1,14-15H2,2H3. The molecule has 0 aliphatic carbocycles. The number of hydrogen-bond donors (Lipinski definition) is 0. The molecular formula is C20H20N3. The summed E-state index contributed by atoms with van der Waals surface area (Å²) in [5, 5.41) is 0. The van der Waals surface area contributed by atoms with Crippen LogP contribution in [-0.2, 0) is 13.1 Å². The molecule has 0 saturated carbocycles. The highest BCUT2D eigenvalue weighted by Crippen LogP contribution is 2.17. The van der Waals surface area contributed by atoms with Crippen molar-refractivity contribution in [3.05, 3.63) is 90.6 Å². The van der Waals surface area contributed by atoms with Crippen LogP contribution in [0.15, 0.2) is 67.0 Å². The molecule has 3 rings (SSSR count). The number of aromatic nitrogens is 2. The summed E-state index contributed by atoms with van der Waals surface area (Å²) in [6.45, 7) is 5.71. The Bertz CT molecular complexity index is 751. The molecule has 1 heterocycles. The molecule has 0 atom stereocenters. The molecule has 3 heteroatoms. The third-order valence-corrected chi connectivity index (χ3v) is 3.68. The van der Waals surface area contributed by atoms with E-state index in [0.29, 0.717) is 0 Å². The smallest absolute Gasteiger partial charge is 0.159 e. The van der Waals surface area contributed by atoms with E-state index >= 15 is 0 Å². The zero-order valence-corrected chi connectivity index (χ0v) is 13.3. The first-order valence-corrected chi connectivity index (χ1v) is 7.66. The van der Waals surface area contributed by atoms with Crippen LogP contribution < -0.4 is 0 Å². The van der Waals surface area contributed by atoms with Crippen molar-refractivity contribution in [2.75, 3.05) is 7.05 Å². The molecule has 23 heavy (non-hydrogen) atoms. The van der Waals surface area contributed by atoms with Crippen molar-refractivity contribution >= 4 is 0 Å². The van der Waals surface area contributed by atoms with Crippen LogP contribution in [-0.4, -0.2) is 21.9 Å². The maximum absolute atomic E-state index is 4.31. The van der Waals surface area contributed by atoms with Crippen LogP contribution in [0.3, 0.4) is 0 Å². The summed E-state index contributed by atoms with van der Waals surface area (Å²) < 4.78 is 0. The average molecular weight is 302 g/mol. The minimum atomic E-state index is 0.767. The summed E-state index contributed by atoms with van der Waals surface area (Å²) >= 11 is 0. The summed E-state index contributed by atoms with van der Waals surface area (Å²) in [7, 11) is 2.13. The Balaban J connectivity index is 1.69. The molecule has 0 fully saturated rings. The average Bonchev–Trinajstić information content (AvgIpc) is 2.58. The van der Waals surface area contributed by atoms with Gasteiger partial charge in [-0.25, -0.2) is 9.97 Å². The van der Waals surface area contributed by atoms with Crippen LogP contribution in [0.25, 0.3) is 11.4 Å². The van der Waals surface area contributed by atoms with E-state index in [1.54, 1.807) is 12.4 Å². The molecule has 1 radical (unpaired) electrons. The van der Waals surface area contributed by atoms with Gasteiger partial charge in [-0.1, -0.05) is 42.5 Å². The van der Waals surface area contributed by atoms with Crippen molar-refractivity contribution in [1.82, 2.24) is 14.9 Å². The van der Waals surface area contributed by atoms with Gasteiger partial charge in [-0.2, -0.15) is 0 Å². The first-order valence-electron chi connectivity index (χ1n) is 7.66. The van der Waals surface area contributed by atoms with Crippen LogP contribution in [0, 0.1) is 6.92 Å². The van der Waals surface area contributed by atoms with Gasteiger partial charge in [-0.15, -0.1) is 0 Å². The molecule has 0 saturated heterocycles. The maximum Gasteiger partial charge on any atom is 0.159 e. The largest absolute Gasteiger partial charge is 0.298 e. The van der Waals surface area contributed by atoms with Crippen LogP contribution in [0.5, 0.6) is 0 Å². The number of benzene rings is 2. The lowest BCUT2D eigenvalue weighted by Gasteiger charge is -2.17. The van der Waals surface area contributed by atoms with Crippen molar-refractivity contribution in [3.8, 4) is 11.4 Å². The summed E-state index contributed by atoms with van der Waals surface area (Å²) in [4.78, 5) is 10.9. The van der Waals surface area contributed by atoms with Gasteiger partial charge in [0.1, 0.15) is 0 Å². The second-order valence-electron chi connectivity index (χ2n) is 5.76. The molecule has 2 aromatic carbocycles. The molecule has 0 N–H and O–H groups in total. The zero-order chi connectivity index (χ0) is 16.1. The molecule has 115 valence electrons. The van der Waals surface area contributed by atoms with Crippen LogP contribution in [0.4, 0.5) is 0 Å². The fourth-order valence-corrected chi connectivity index (χ4v) is 2.58. The van der Waals surface area contributed by atoms with Crippen molar-refractivity contribution in [2.24, 2.45) is 0 Å². The SMILES string of the molecule is [CH2]c1ccc(CN(C)Cc2cccc(-c3ncccn3)c2)cc1. The molecule has 0 unspecified atom stereocenters. The Hall–Kier alpha value is -2.52. The first kappa shape index (κ1) is 15.4. The van der Waals surface area contributed by atoms with Crippen molar-refractivity contribution in [3.63, 3.8) is 0 Å². The molecule has 0 bridgehead atoms. The summed E-state index contributed by atoms with van der Waals surface area (Å²) in [5.41, 5.74) is 4.65. The van der Waals surface area contributed by atoms with Crippen LogP contribution in [0.1, 0.15) is 16.7 Å². The van der Waals surface area contributed by atoms with Gasteiger partial charge in [0.2, 0.25) is 0 Å². The monoisotopic (exact) mass is 302 g/mol. The van der Waals surface area contributed by atoms with E-state index in [9.17, 15) is 0 Å². The molecule has 0 spiro atoms. The Morgan fingerprint density at radius 3 is 2.30 bits per heavy atom. The lowest BCUT2D eigenvalue weighted by molar-refractivity contribution is 0.319. The molecule has 3 aromatic rings. The minimum Gasteiger partial charge on any atom is -0.298 e. The Morgan fingerprint density at radius 1 is 0.870 bits per heavy atom. The highest BCUT2D eigenvalue weighted by molar-refractivity contribution is 5.55. The highest BCUT2D eigenvalue weighted by Gasteiger charge is 2.05. The predicted molar refractivity (Wildman–Crippen MR) is 93.5 cm³/mol. The van der Waals surface area contributed by atoms with Crippen molar-refractivity contribution < 1.29 is 0 Å². The first-order chi connectivity index (χ1) is 11.2. The van der Waals surface area contributed by atoms with E-state index in [1.165, 1.54) is 11.1 Å². The van der Waals surface area contributed by atoms with Gasteiger partial charge in [-0.3, -0.25) is 4.90 Å². The lowest BCUT2D eigenvalue weighted by atomic mass is 10.1. The Labute approximate surface area is 137 Å². The number of hydrogen-bond acceptors (Lipinski definition) is 3. The highest BCUT2D eigenvalue weighted by atomic mass is 15.1.